The van der Waals surface area contributed by atoms with Crippen LogP contribution in [0.25, 0.3) is 0 Å². The van der Waals surface area contributed by atoms with Gasteiger partial charge in [0.1, 0.15) is 0 Å². The minimum atomic E-state index is 0.126. The lowest BCUT2D eigenvalue weighted by atomic mass is 9.56. The fourth-order valence-corrected chi connectivity index (χ4v) is 6.54. The summed E-state index contributed by atoms with van der Waals surface area (Å²) in [5.74, 6) is 6.25. The van der Waals surface area contributed by atoms with Crippen LogP contribution in [0, 0.1) is 41.9 Å². The molecule has 4 aliphatic carbocycles. The van der Waals surface area contributed by atoms with E-state index in [0.29, 0.717) is 29.5 Å². The van der Waals surface area contributed by atoms with Gasteiger partial charge in [0, 0.05) is 29.4 Å². The molecule has 27 heavy (non-hydrogen) atoms. The zero-order valence-electron chi connectivity index (χ0n) is 15.6. The van der Waals surface area contributed by atoms with Crippen molar-refractivity contribution in [3.8, 4) is 12.3 Å². The van der Waals surface area contributed by atoms with Crippen LogP contribution in [0.1, 0.15) is 59.5 Å². The fourth-order valence-electron chi connectivity index (χ4n) is 6.54. The molecule has 0 spiro atoms. The number of carbonyl (C=O) groups excluding carboxylic acids is 1. The summed E-state index contributed by atoms with van der Waals surface area (Å²) in [6.45, 7) is 0. The monoisotopic (exact) mass is 355 g/mol. The van der Waals surface area contributed by atoms with E-state index in [1.807, 2.05) is 42.7 Å². The number of nitrogens with zero attached hydrogens (tertiary/aromatic N) is 1. The number of benzene rings is 1. The number of carbonyl (C=O) groups is 1. The number of pyridine rings is 1. The molecule has 4 fully saturated rings. The average molecular weight is 355 g/mol. The van der Waals surface area contributed by atoms with Crippen LogP contribution in [-0.2, 0) is 0 Å². The highest BCUT2D eigenvalue weighted by molar-refractivity contribution is 5.98. The highest BCUT2D eigenvalue weighted by Gasteiger charge is 2.56. The Morgan fingerprint density at radius 3 is 2.52 bits per heavy atom. The van der Waals surface area contributed by atoms with Crippen molar-refractivity contribution in [3.05, 3.63) is 65.5 Å². The standard InChI is InChI=1S/C25H25NO/c1-2-16-5-3-6-19(13-16)25(27)22-14-21(20-7-4-12-26-15-20)23-17-8-10-18(11-9-17)24(22)23/h1,3-7,12-13,15,17-18,21-24H,8-11,14H2. The summed E-state index contributed by atoms with van der Waals surface area (Å²) < 4.78 is 0. The number of hydrogen-bond acceptors (Lipinski definition) is 2. The van der Waals surface area contributed by atoms with Crippen LogP contribution in [0.3, 0.4) is 0 Å². The molecule has 1 aromatic heterocycles. The number of Topliss-reactive ketones (excluding diaryl/α,β-unsaturated/α-hetero) is 1. The predicted molar refractivity (Wildman–Crippen MR) is 106 cm³/mol. The molecule has 1 heterocycles. The molecule has 0 aliphatic heterocycles. The van der Waals surface area contributed by atoms with Gasteiger partial charge in [-0.1, -0.05) is 24.1 Å². The van der Waals surface area contributed by atoms with E-state index in [-0.39, 0.29) is 5.92 Å². The van der Waals surface area contributed by atoms with Crippen LogP contribution in [0.15, 0.2) is 48.8 Å². The van der Waals surface area contributed by atoms with Crippen molar-refractivity contribution in [2.75, 3.05) is 0 Å². The van der Waals surface area contributed by atoms with Gasteiger partial charge in [0.2, 0.25) is 0 Å². The lowest BCUT2D eigenvalue weighted by Gasteiger charge is -2.48. The molecule has 4 saturated carbocycles. The SMILES string of the molecule is C#Cc1cccc(C(=O)C2CC(c3cccnc3)C3C4CCC(CC4)C23)c1. The maximum absolute atomic E-state index is 13.5. The van der Waals surface area contributed by atoms with Crippen molar-refractivity contribution < 1.29 is 4.79 Å². The second-order valence-corrected chi connectivity index (χ2v) is 8.65. The van der Waals surface area contributed by atoms with Gasteiger partial charge < -0.3 is 0 Å². The highest BCUT2D eigenvalue weighted by Crippen LogP contribution is 2.62. The van der Waals surface area contributed by atoms with E-state index in [1.54, 1.807) is 0 Å². The van der Waals surface area contributed by atoms with Crippen LogP contribution < -0.4 is 0 Å². The van der Waals surface area contributed by atoms with Crippen LogP contribution in [0.5, 0.6) is 0 Å². The Balaban J connectivity index is 1.52. The molecule has 2 bridgehead atoms. The molecule has 2 aromatic rings. The maximum Gasteiger partial charge on any atom is 0.166 e. The zero-order chi connectivity index (χ0) is 18.4. The number of rotatable bonds is 3. The number of fused-ring (bicyclic) bond motifs is 2. The largest absolute Gasteiger partial charge is 0.294 e. The molecule has 4 aliphatic rings. The first kappa shape index (κ1) is 16.8. The summed E-state index contributed by atoms with van der Waals surface area (Å²) in [5.41, 5.74) is 2.92. The van der Waals surface area contributed by atoms with Crippen molar-refractivity contribution in [3.63, 3.8) is 0 Å². The van der Waals surface area contributed by atoms with E-state index in [1.165, 1.54) is 31.2 Å². The summed E-state index contributed by atoms with van der Waals surface area (Å²) in [6.07, 6.45) is 15.7. The Hall–Kier alpha value is -2.40. The third-order valence-corrected chi connectivity index (χ3v) is 7.55. The molecule has 0 saturated heterocycles. The van der Waals surface area contributed by atoms with E-state index in [0.717, 1.165) is 23.5 Å². The van der Waals surface area contributed by atoms with Gasteiger partial charge in [-0.2, -0.15) is 0 Å². The number of hydrogen-bond donors (Lipinski definition) is 0. The van der Waals surface area contributed by atoms with Gasteiger partial charge >= 0.3 is 0 Å². The molecular formula is C25H25NO. The Labute approximate surface area is 161 Å². The average Bonchev–Trinajstić information content (AvgIpc) is 3.17. The second kappa shape index (κ2) is 6.64. The van der Waals surface area contributed by atoms with Gasteiger partial charge in [-0.25, -0.2) is 0 Å². The quantitative estimate of drug-likeness (QED) is 0.566. The highest BCUT2D eigenvalue weighted by atomic mass is 16.1. The summed E-state index contributed by atoms with van der Waals surface area (Å²) in [6, 6.07) is 11.9. The lowest BCUT2D eigenvalue weighted by Crippen LogP contribution is -2.42. The van der Waals surface area contributed by atoms with Crippen molar-refractivity contribution in [1.29, 1.82) is 0 Å². The van der Waals surface area contributed by atoms with Crippen molar-refractivity contribution >= 4 is 5.78 Å². The first-order chi connectivity index (χ1) is 13.3. The molecule has 2 nitrogen and oxygen atoms in total. The van der Waals surface area contributed by atoms with Crippen LogP contribution in [-0.4, -0.2) is 10.8 Å². The van der Waals surface area contributed by atoms with Gasteiger partial charge in [0.05, 0.1) is 0 Å². The molecule has 0 radical (unpaired) electrons. The van der Waals surface area contributed by atoms with Crippen molar-refractivity contribution in [1.82, 2.24) is 4.98 Å². The van der Waals surface area contributed by atoms with Crippen LogP contribution in [0.2, 0.25) is 0 Å². The molecule has 0 N–H and O–H groups in total. The fraction of sp³-hybridized carbons (Fsp3) is 0.440. The van der Waals surface area contributed by atoms with Crippen LogP contribution >= 0.6 is 0 Å². The van der Waals surface area contributed by atoms with Gasteiger partial charge in [-0.15, -0.1) is 6.42 Å². The molecular weight excluding hydrogens is 330 g/mol. The molecule has 4 unspecified atom stereocenters. The van der Waals surface area contributed by atoms with E-state index in [9.17, 15) is 4.79 Å². The molecule has 4 atom stereocenters. The second-order valence-electron chi connectivity index (χ2n) is 8.65. The summed E-state index contributed by atoms with van der Waals surface area (Å²) >= 11 is 0. The third kappa shape index (κ3) is 2.72. The Kier molecular flexibility index (Phi) is 4.12. The Morgan fingerprint density at radius 1 is 1.04 bits per heavy atom. The van der Waals surface area contributed by atoms with Gasteiger partial charge in [-0.05, 0) is 85.5 Å². The van der Waals surface area contributed by atoms with E-state index in [4.69, 9.17) is 6.42 Å². The van der Waals surface area contributed by atoms with E-state index in [2.05, 4.69) is 17.0 Å². The van der Waals surface area contributed by atoms with Crippen molar-refractivity contribution in [2.24, 2.45) is 29.6 Å². The predicted octanol–water partition coefficient (Wildman–Crippen LogP) is 5.10. The zero-order valence-corrected chi connectivity index (χ0v) is 15.6. The smallest absolute Gasteiger partial charge is 0.166 e. The Morgan fingerprint density at radius 2 is 1.81 bits per heavy atom. The number of terminal acetylenes is 1. The molecule has 136 valence electrons. The summed E-state index contributed by atoms with van der Waals surface area (Å²) in [4.78, 5) is 17.9. The summed E-state index contributed by atoms with van der Waals surface area (Å²) in [7, 11) is 0. The van der Waals surface area contributed by atoms with Gasteiger partial charge in [0.25, 0.3) is 0 Å². The van der Waals surface area contributed by atoms with Crippen LogP contribution in [0.4, 0.5) is 0 Å². The molecule has 6 rings (SSSR count). The minimum Gasteiger partial charge on any atom is -0.294 e. The first-order valence-electron chi connectivity index (χ1n) is 10.3. The normalized spacial score (nSPS) is 34.0. The molecule has 0 amide bonds. The molecule has 2 heteroatoms. The van der Waals surface area contributed by atoms with Crippen molar-refractivity contribution in [2.45, 2.75) is 38.0 Å². The van der Waals surface area contributed by atoms with E-state index < -0.39 is 0 Å². The maximum atomic E-state index is 13.5. The van der Waals surface area contributed by atoms with Gasteiger partial charge in [0.15, 0.2) is 5.78 Å². The van der Waals surface area contributed by atoms with E-state index >= 15 is 0 Å². The lowest BCUT2D eigenvalue weighted by molar-refractivity contribution is 0.0187. The first-order valence-corrected chi connectivity index (χ1v) is 10.3. The number of ketones is 1. The third-order valence-electron chi connectivity index (χ3n) is 7.55. The molecule has 1 aromatic carbocycles. The van der Waals surface area contributed by atoms with Gasteiger partial charge in [-0.3, -0.25) is 9.78 Å². The Bertz CT molecular complexity index is 888. The summed E-state index contributed by atoms with van der Waals surface area (Å²) in [5, 5.41) is 0. The minimum absolute atomic E-state index is 0.126. The topological polar surface area (TPSA) is 30.0 Å². The number of aromatic nitrogens is 1.